The second-order valence-corrected chi connectivity index (χ2v) is 5.68. The van der Waals surface area contributed by atoms with Crippen molar-refractivity contribution in [2.75, 3.05) is 50.8 Å². The van der Waals surface area contributed by atoms with Crippen molar-refractivity contribution in [1.29, 1.82) is 0 Å². The molecule has 1 aromatic carbocycles. The van der Waals surface area contributed by atoms with E-state index in [1.807, 2.05) is 18.2 Å². The van der Waals surface area contributed by atoms with Gasteiger partial charge in [-0.15, -0.1) is 6.58 Å². The predicted molar refractivity (Wildman–Crippen MR) is 87.1 cm³/mol. The molecule has 0 spiro atoms. The molecule has 0 amide bonds. The number of hydrogen-bond donors (Lipinski definition) is 1. The number of aliphatic hydroxyl groups is 1. The van der Waals surface area contributed by atoms with Gasteiger partial charge < -0.3 is 14.7 Å². The molecule has 0 unspecified atom stereocenters. The fourth-order valence-electron chi connectivity index (χ4n) is 2.50. The summed E-state index contributed by atoms with van der Waals surface area (Å²) in [5, 5.41) is 10.7. The molecule has 4 nitrogen and oxygen atoms in total. The first-order chi connectivity index (χ1) is 10.2. The molecule has 0 saturated carbocycles. The van der Waals surface area contributed by atoms with Crippen molar-refractivity contribution in [3.63, 3.8) is 0 Å². The topological polar surface area (TPSA) is 35.9 Å². The number of ether oxygens (including phenoxy) is 1. The SMILES string of the molecule is C=CCOC[C@H](O)CN1CCN(c2cccc(Cl)c2)CC1. The molecule has 0 aliphatic carbocycles. The smallest absolute Gasteiger partial charge is 0.0900 e. The highest BCUT2D eigenvalue weighted by Gasteiger charge is 2.19. The number of rotatable bonds is 7. The van der Waals surface area contributed by atoms with Crippen LogP contribution < -0.4 is 4.90 Å². The molecule has 21 heavy (non-hydrogen) atoms. The Balaban J connectivity index is 1.74. The van der Waals surface area contributed by atoms with E-state index < -0.39 is 6.10 Å². The standard InChI is InChI=1S/C16H23ClN2O2/c1-2-10-21-13-16(20)12-18-6-8-19(9-7-18)15-5-3-4-14(17)11-15/h2-5,11,16,20H,1,6-10,12-13H2/t16-/m1/s1. The molecule has 1 aromatic rings. The minimum absolute atomic E-state index is 0.362. The summed E-state index contributed by atoms with van der Waals surface area (Å²) < 4.78 is 5.27. The average molecular weight is 311 g/mol. The van der Waals surface area contributed by atoms with Gasteiger partial charge in [0.25, 0.3) is 0 Å². The first kappa shape index (κ1) is 16.3. The van der Waals surface area contributed by atoms with E-state index in [0.717, 1.165) is 36.9 Å². The molecule has 1 N–H and O–H groups in total. The third-order valence-electron chi connectivity index (χ3n) is 3.56. The lowest BCUT2D eigenvalue weighted by atomic mass is 10.2. The molecule has 1 aliphatic rings. The van der Waals surface area contributed by atoms with Crippen molar-refractivity contribution in [3.05, 3.63) is 41.9 Å². The predicted octanol–water partition coefficient (Wildman–Crippen LogP) is 2.03. The summed E-state index contributed by atoms with van der Waals surface area (Å²) in [6.45, 7) is 8.85. The Bertz CT molecular complexity index is 448. The number of anilines is 1. The number of hydrogen-bond acceptors (Lipinski definition) is 4. The van der Waals surface area contributed by atoms with E-state index in [9.17, 15) is 5.11 Å². The van der Waals surface area contributed by atoms with Gasteiger partial charge in [0.1, 0.15) is 0 Å². The summed E-state index contributed by atoms with van der Waals surface area (Å²) >= 11 is 6.03. The van der Waals surface area contributed by atoms with Crippen LogP contribution in [0, 0.1) is 0 Å². The Morgan fingerprint density at radius 1 is 1.33 bits per heavy atom. The van der Waals surface area contributed by atoms with Gasteiger partial charge >= 0.3 is 0 Å². The van der Waals surface area contributed by atoms with Gasteiger partial charge in [-0.05, 0) is 18.2 Å². The zero-order chi connectivity index (χ0) is 15.1. The van der Waals surface area contributed by atoms with Crippen LogP contribution in [0.3, 0.4) is 0 Å². The Kier molecular flexibility index (Phi) is 6.51. The van der Waals surface area contributed by atoms with Crippen molar-refractivity contribution in [2.24, 2.45) is 0 Å². The fraction of sp³-hybridized carbons (Fsp3) is 0.500. The van der Waals surface area contributed by atoms with Gasteiger partial charge in [0.15, 0.2) is 0 Å². The summed E-state index contributed by atoms with van der Waals surface area (Å²) in [6, 6.07) is 7.94. The van der Waals surface area contributed by atoms with E-state index in [1.165, 1.54) is 0 Å². The second-order valence-electron chi connectivity index (χ2n) is 5.25. The number of halogens is 1. The number of benzene rings is 1. The first-order valence-electron chi connectivity index (χ1n) is 7.28. The lowest BCUT2D eigenvalue weighted by Gasteiger charge is -2.36. The summed E-state index contributed by atoms with van der Waals surface area (Å²) in [7, 11) is 0. The van der Waals surface area contributed by atoms with Crippen LogP contribution in [0.2, 0.25) is 5.02 Å². The van der Waals surface area contributed by atoms with Gasteiger partial charge in [0.05, 0.1) is 19.3 Å². The second kappa shape index (κ2) is 8.39. The maximum atomic E-state index is 9.92. The van der Waals surface area contributed by atoms with Crippen LogP contribution in [-0.4, -0.2) is 62.0 Å². The third kappa shape index (κ3) is 5.32. The highest BCUT2D eigenvalue weighted by Crippen LogP contribution is 2.20. The summed E-state index contributed by atoms with van der Waals surface area (Å²) in [6.07, 6.45) is 1.25. The van der Waals surface area contributed by atoms with Gasteiger partial charge in [0.2, 0.25) is 0 Å². The average Bonchev–Trinajstić information content (AvgIpc) is 2.48. The van der Waals surface area contributed by atoms with Crippen LogP contribution >= 0.6 is 11.6 Å². The third-order valence-corrected chi connectivity index (χ3v) is 3.80. The summed E-state index contributed by atoms with van der Waals surface area (Å²) in [5.74, 6) is 0. The van der Waals surface area contributed by atoms with Crippen molar-refractivity contribution in [3.8, 4) is 0 Å². The van der Waals surface area contributed by atoms with Crippen LogP contribution in [0.1, 0.15) is 0 Å². The first-order valence-corrected chi connectivity index (χ1v) is 7.66. The van der Waals surface area contributed by atoms with Crippen LogP contribution in [0.5, 0.6) is 0 Å². The normalized spacial score (nSPS) is 17.7. The van der Waals surface area contributed by atoms with Crippen molar-refractivity contribution >= 4 is 17.3 Å². The van der Waals surface area contributed by atoms with E-state index >= 15 is 0 Å². The highest BCUT2D eigenvalue weighted by molar-refractivity contribution is 6.30. The van der Waals surface area contributed by atoms with Crippen molar-refractivity contribution in [2.45, 2.75) is 6.10 Å². The van der Waals surface area contributed by atoms with Gasteiger partial charge in [-0.2, -0.15) is 0 Å². The van der Waals surface area contributed by atoms with Gasteiger partial charge in [-0.3, -0.25) is 4.90 Å². The van der Waals surface area contributed by atoms with Crippen molar-refractivity contribution in [1.82, 2.24) is 4.90 Å². The zero-order valence-corrected chi connectivity index (χ0v) is 13.0. The summed E-state index contributed by atoms with van der Waals surface area (Å²) in [4.78, 5) is 4.59. The Morgan fingerprint density at radius 3 is 2.76 bits per heavy atom. The molecule has 1 saturated heterocycles. The molecule has 0 radical (unpaired) electrons. The fourth-order valence-corrected chi connectivity index (χ4v) is 2.68. The number of aliphatic hydroxyl groups excluding tert-OH is 1. The molecule has 116 valence electrons. The Labute approximate surface area is 131 Å². The molecule has 1 aliphatic heterocycles. The lowest BCUT2D eigenvalue weighted by molar-refractivity contribution is 0.0252. The number of β-amino-alcohol motifs (C(OH)–C–C–N with tert-alkyl or cyclic N) is 1. The molecular formula is C16H23ClN2O2. The van der Waals surface area contributed by atoms with Crippen LogP contribution in [-0.2, 0) is 4.74 Å². The van der Waals surface area contributed by atoms with Gasteiger partial charge in [-0.25, -0.2) is 0 Å². The van der Waals surface area contributed by atoms with Gasteiger partial charge in [-0.1, -0.05) is 23.7 Å². The molecule has 0 bridgehead atoms. The van der Waals surface area contributed by atoms with E-state index in [-0.39, 0.29) is 0 Å². The molecular weight excluding hydrogens is 288 g/mol. The van der Waals surface area contributed by atoms with Gasteiger partial charge in [0, 0.05) is 43.4 Å². The van der Waals surface area contributed by atoms with E-state index in [1.54, 1.807) is 6.08 Å². The van der Waals surface area contributed by atoms with E-state index in [2.05, 4.69) is 22.4 Å². The molecule has 1 atom stereocenters. The Morgan fingerprint density at radius 2 is 2.10 bits per heavy atom. The molecule has 0 aromatic heterocycles. The van der Waals surface area contributed by atoms with Crippen LogP contribution in [0.25, 0.3) is 0 Å². The minimum atomic E-state index is -0.442. The number of piperazine rings is 1. The highest BCUT2D eigenvalue weighted by atomic mass is 35.5. The van der Waals surface area contributed by atoms with Crippen LogP contribution in [0.4, 0.5) is 5.69 Å². The quantitative estimate of drug-likeness (QED) is 0.617. The maximum absolute atomic E-state index is 9.92. The monoisotopic (exact) mass is 310 g/mol. The maximum Gasteiger partial charge on any atom is 0.0900 e. The minimum Gasteiger partial charge on any atom is -0.389 e. The largest absolute Gasteiger partial charge is 0.389 e. The van der Waals surface area contributed by atoms with Crippen molar-refractivity contribution < 1.29 is 9.84 Å². The Hall–Kier alpha value is -1.07. The lowest BCUT2D eigenvalue weighted by Crippen LogP contribution is -2.49. The molecule has 1 heterocycles. The molecule has 1 fully saturated rings. The molecule has 2 rings (SSSR count). The summed E-state index contributed by atoms with van der Waals surface area (Å²) in [5.41, 5.74) is 1.16. The molecule has 5 heteroatoms. The van der Waals surface area contributed by atoms with E-state index in [4.69, 9.17) is 16.3 Å². The number of nitrogens with zero attached hydrogens (tertiary/aromatic N) is 2. The van der Waals surface area contributed by atoms with Crippen LogP contribution in [0.15, 0.2) is 36.9 Å². The zero-order valence-electron chi connectivity index (χ0n) is 12.2. The van der Waals surface area contributed by atoms with E-state index in [0.29, 0.717) is 19.8 Å².